The van der Waals surface area contributed by atoms with Crippen LogP contribution in [-0.4, -0.2) is 6.21 Å². The predicted octanol–water partition coefficient (Wildman–Crippen LogP) is 3.20. The minimum atomic E-state index is 0.945. The van der Waals surface area contributed by atoms with E-state index in [4.69, 9.17) is 0 Å². The highest BCUT2D eigenvalue weighted by atomic mass is 14.7. The predicted molar refractivity (Wildman–Crippen MR) is 52.9 cm³/mol. The van der Waals surface area contributed by atoms with Crippen LogP contribution in [-0.2, 0) is 0 Å². The van der Waals surface area contributed by atoms with E-state index in [-0.39, 0.29) is 0 Å². The summed E-state index contributed by atoms with van der Waals surface area (Å²) in [6, 6.07) is 8.24. The maximum atomic E-state index is 4.36. The molecule has 0 saturated carbocycles. The fraction of sp³-hybridized carbons (Fsp3) is 0.182. The zero-order valence-electron chi connectivity index (χ0n) is 7.12. The average Bonchev–Trinajstić information content (AvgIpc) is 2.29. The van der Waals surface area contributed by atoms with Crippen molar-refractivity contribution in [3.8, 4) is 0 Å². The van der Waals surface area contributed by atoms with Gasteiger partial charge in [0.05, 0.1) is 5.69 Å². The highest BCUT2D eigenvalue weighted by molar-refractivity contribution is 5.81. The molecule has 0 aromatic heterocycles. The maximum absolute atomic E-state index is 4.36. The van der Waals surface area contributed by atoms with Crippen LogP contribution in [0.1, 0.15) is 18.9 Å². The van der Waals surface area contributed by atoms with Gasteiger partial charge < -0.3 is 0 Å². The Morgan fingerprint density at radius 2 is 2.08 bits per heavy atom. The van der Waals surface area contributed by atoms with Crippen LogP contribution >= 0.6 is 0 Å². The van der Waals surface area contributed by atoms with Crippen molar-refractivity contribution < 1.29 is 0 Å². The summed E-state index contributed by atoms with van der Waals surface area (Å²) in [5.74, 6) is 0. The lowest BCUT2D eigenvalue weighted by Gasteiger charge is -2.02. The van der Waals surface area contributed by atoms with Crippen molar-refractivity contribution in [1.82, 2.24) is 0 Å². The van der Waals surface area contributed by atoms with Crippen molar-refractivity contribution in [1.29, 1.82) is 0 Å². The van der Waals surface area contributed by atoms with Crippen molar-refractivity contribution in [3.63, 3.8) is 0 Å². The molecule has 1 aliphatic rings. The van der Waals surface area contributed by atoms with Gasteiger partial charge in [-0.15, -0.1) is 0 Å². The number of rotatable bonds is 0. The SMILES string of the molecule is CC1=CCC=Nc2ccccc21. The zero-order chi connectivity index (χ0) is 8.39. The second kappa shape index (κ2) is 2.94. The Kier molecular flexibility index (Phi) is 1.78. The molecule has 1 aliphatic heterocycles. The lowest BCUT2D eigenvalue weighted by molar-refractivity contribution is 1.48. The molecule has 12 heavy (non-hydrogen) atoms. The first kappa shape index (κ1) is 7.29. The van der Waals surface area contributed by atoms with Gasteiger partial charge in [-0.05, 0) is 18.6 Å². The average molecular weight is 157 g/mol. The van der Waals surface area contributed by atoms with E-state index in [2.05, 4.69) is 36.2 Å². The summed E-state index contributed by atoms with van der Waals surface area (Å²) in [6.45, 7) is 2.13. The van der Waals surface area contributed by atoms with Crippen molar-refractivity contribution in [2.45, 2.75) is 13.3 Å². The summed E-state index contributed by atoms with van der Waals surface area (Å²) < 4.78 is 0. The highest BCUT2D eigenvalue weighted by Crippen LogP contribution is 2.27. The minimum Gasteiger partial charge on any atom is -0.260 e. The lowest BCUT2D eigenvalue weighted by Crippen LogP contribution is -1.77. The number of para-hydroxylation sites is 1. The molecule has 0 spiro atoms. The van der Waals surface area contributed by atoms with Crippen LogP contribution in [0.25, 0.3) is 5.57 Å². The molecule has 1 heterocycles. The zero-order valence-corrected chi connectivity index (χ0v) is 7.12. The largest absolute Gasteiger partial charge is 0.260 e. The molecule has 1 aromatic carbocycles. The Morgan fingerprint density at radius 1 is 1.25 bits per heavy atom. The van der Waals surface area contributed by atoms with Crippen LogP contribution in [0.5, 0.6) is 0 Å². The molecule has 1 heteroatoms. The number of benzene rings is 1. The fourth-order valence-corrected chi connectivity index (χ4v) is 1.41. The van der Waals surface area contributed by atoms with Gasteiger partial charge in [-0.3, -0.25) is 4.99 Å². The Hall–Kier alpha value is -1.37. The Labute approximate surface area is 72.5 Å². The van der Waals surface area contributed by atoms with Crippen LogP contribution in [0.3, 0.4) is 0 Å². The molecular formula is C11H11N. The molecule has 1 nitrogen and oxygen atoms in total. The van der Waals surface area contributed by atoms with E-state index in [0.29, 0.717) is 0 Å². The topological polar surface area (TPSA) is 12.4 Å². The van der Waals surface area contributed by atoms with Crippen LogP contribution in [0, 0.1) is 0 Å². The molecule has 2 rings (SSSR count). The summed E-state index contributed by atoms with van der Waals surface area (Å²) >= 11 is 0. The third kappa shape index (κ3) is 1.18. The minimum absolute atomic E-state index is 0.945. The van der Waals surface area contributed by atoms with E-state index >= 15 is 0 Å². The van der Waals surface area contributed by atoms with E-state index in [1.54, 1.807) is 0 Å². The van der Waals surface area contributed by atoms with Gasteiger partial charge in [-0.2, -0.15) is 0 Å². The van der Waals surface area contributed by atoms with E-state index in [1.165, 1.54) is 11.1 Å². The third-order valence-electron chi connectivity index (χ3n) is 2.09. The molecule has 0 amide bonds. The van der Waals surface area contributed by atoms with Gasteiger partial charge >= 0.3 is 0 Å². The van der Waals surface area contributed by atoms with Gasteiger partial charge in [0.25, 0.3) is 0 Å². The van der Waals surface area contributed by atoms with Gasteiger partial charge in [-0.1, -0.05) is 24.3 Å². The molecule has 0 N–H and O–H groups in total. The number of allylic oxidation sites excluding steroid dienone is 2. The highest BCUT2D eigenvalue weighted by Gasteiger charge is 2.02. The van der Waals surface area contributed by atoms with Crippen LogP contribution in [0.15, 0.2) is 35.3 Å². The first-order chi connectivity index (χ1) is 5.88. The number of nitrogens with zero attached hydrogens (tertiary/aromatic N) is 1. The monoisotopic (exact) mass is 157 g/mol. The molecule has 0 aliphatic carbocycles. The lowest BCUT2D eigenvalue weighted by atomic mass is 10.1. The number of aliphatic imine (C=N–C) groups is 1. The molecule has 0 bridgehead atoms. The van der Waals surface area contributed by atoms with Crippen LogP contribution in [0.4, 0.5) is 5.69 Å². The quantitative estimate of drug-likeness (QED) is 0.548. The molecule has 0 fully saturated rings. The van der Waals surface area contributed by atoms with E-state index in [1.807, 2.05) is 12.3 Å². The second-order valence-corrected chi connectivity index (χ2v) is 2.95. The van der Waals surface area contributed by atoms with Crippen molar-refractivity contribution in [3.05, 3.63) is 35.9 Å². The molecule has 0 unspecified atom stereocenters. The standard InChI is InChI=1S/C11H11N/c1-9-5-4-8-12-11-7-3-2-6-10(9)11/h2-3,5-8H,4H2,1H3. The summed E-state index contributed by atoms with van der Waals surface area (Å²) in [7, 11) is 0. The molecule has 0 atom stereocenters. The number of hydrogen-bond acceptors (Lipinski definition) is 1. The van der Waals surface area contributed by atoms with Crippen molar-refractivity contribution in [2.24, 2.45) is 4.99 Å². The van der Waals surface area contributed by atoms with Crippen LogP contribution < -0.4 is 0 Å². The fourth-order valence-electron chi connectivity index (χ4n) is 1.41. The Balaban J connectivity index is 2.62. The summed E-state index contributed by atoms with van der Waals surface area (Å²) in [5, 5.41) is 0. The van der Waals surface area contributed by atoms with Gasteiger partial charge in [0.15, 0.2) is 0 Å². The first-order valence-electron chi connectivity index (χ1n) is 4.16. The van der Waals surface area contributed by atoms with Crippen molar-refractivity contribution >= 4 is 17.5 Å². The van der Waals surface area contributed by atoms with E-state index in [0.717, 1.165) is 12.1 Å². The molecule has 60 valence electrons. The molecule has 1 aromatic rings. The molecule has 0 radical (unpaired) electrons. The summed E-state index contributed by atoms with van der Waals surface area (Å²) in [5.41, 5.74) is 3.66. The van der Waals surface area contributed by atoms with Gasteiger partial charge in [0.2, 0.25) is 0 Å². The molecular weight excluding hydrogens is 146 g/mol. The van der Waals surface area contributed by atoms with E-state index in [9.17, 15) is 0 Å². The maximum Gasteiger partial charge on any atom is 0.0700 e. The normalized spacial score (nSPS) is 14.9. The third-order valence-corrected chi connectivity index (χ3v) is 2.09. The first-order valence-corrected chi connectivity index (χ1v) is 4.16. The van der Waals surface area contributed by atoms with Gasteiger partial charge in [0.1, 0.15) is 0 Å². The summed E-state index contributed by atoms with van der Waals surface area (Å²) in [4.78, 5) is 4.36. The Morgan fingerprint density at radius 3 is 3.00 bits per heavy atom. The van der Waals surface area contributed by atoms with Gasteiger partial charge in [-0.25, -0.2) is 0 Å². The van der Waals surface area contributed by atoms with Crippen molar-refractivity contribution in [2.75, 3.05) is 0 Å². The second-order valence-electron chi connectivity index (χ2n) is 2.95. The number of fused-ring (bicyclic) bond motifs is 1. The molecule has 0 saturated heterocycles. The number of hydrogen-bond donors (Lipinski definition) is 0. The van der Waals surface area contributed by atoms with Gasteiger partial charge in [0, 0.05) is 18.2 Å². The van der Waals surface area contributed by atoms with Crippen LogP contribution in [0.2, 0.25) is 0 Å². The Bertz CT molecular complexity index is 348. The summed E-state index contributed by atoms with van der Waals surface area (Å²) in [6.07, 6.45) is 5.10. The smallest absolute Gasteiger partial charge is 0.0700 e. The van der Waals surface area contributed by atoms with E-state index < -0.39 is 0 Å².